The summed E-state index contributed by atoms with van der Waals surface area (Å²) in [5, 5.41) is 12.6. The molecule has 1 saturated heterocycles. The molecule has 0 aliphatic carbocycles. The van der Waals surface area contributed by atoms with Crippen molar-refractivity contribution in [1.29, 1.82) is 0 Å². The maximum atomic E-state index is 12.6. The Morgan fingerprint density at radius 2 is 2.11 bits per heavy atom. The van der Waals surface area contributed by atoms with Crippen LogP contribution in [0.1, 0.15) is 12.2 Å². The van der Waals surface area contributed by atoms with E-state index in [4.69, 9.17) is 9.52 Å². The SMILES string of the molecule is O=C(O)Cn1ccc2cc(NC(=O)C3CC(=O)N(Cc4ccco4)C3)ccc21. The van der Waals surface area contributed by atoms with Crippen LogP contribution < -0.4 is 5.32 Å². The number of hydrogen-bond donors (Lipinski definition) is 2. The highest BCUT2D eigenvalue weighted by molar-refractivity contribution is 5.98. The molecule has 1 atom stereocenters. The molecule has 28 heavy (non-hydrogen) atoms. The number of fused-ring (bicyclic) bond motifs is 1. The molecular weight excluding hydrogens is 362 g/mol. The summed E-state index contributed by atoms with van der Waals surface area (Å²) in [5.41, 5.74) is 1.39. The molecule has 1 aliphatic rings. The molecule has 0 bridgehead atoms. The van der Waals surface area contributed by atoms with E-state index in [-0.39, 0.29) is 24.8 Å². The van der Waals surface area contributed by atoms with Gasteiger partial charge in [0, 0.05) is 35.8 Å². The van der Waals surface area contributed by atoms with Crippen molar-refractivity contribution in [3.63, 3.8) is 0 Å². The highest BCUT2D eigenvalue weighted by atomic mass is 16.4. The summed E-state index contributed by atoms with van der Waals surface area (Å²) in [6.45, 7) is 0.589. The molecule has 144 valence electrons. The van der Waals surface area contributed by atoms with Crippen LogP contribution in [0, 0.1) is 5.92 Å². The fourth-order valence-electron chi connectivity index (χ4n) is 3.50. The smallest absolute Gasteiger partial charge is 0.323 e. The predicted octanol–water partition coefficient (Wildman–Crippen LogP) is 2.31. The van der Waals surface area contributed by atoms with Crippen LogP contribution in [0.25, 0.3) is 10.9 Å². The van der Waals surface area contributed by atoms with Gasteiger partial charge in [-0.1, -0.05) is 0 Å². The first-order chi connectivity index (χ1) is 13.5. The van der Waals surface area contributed by atoms with Crippen LogP contribution in [0.3, 0.4) is 0 Å². The molecule has 2 aromatic heterocycles. The van der Waals surface area contributed by atoms with Gasteiger partial charge in [-0.05, 0) is 36.4 Å². The number of nitrogens with zero attached hydrogens (tertiary/aromatic N) is 2. The molecule has 2 amide bonds. The Kier molecular flexibility index (Phi) is 4.60. The summed E-state index contributed by atoms with van der Waals surface area (Å²) in [6, 6.07) is 10.7. The average molecular weight is 381 g/mol. The predicted molar refractivity (Wildman–Crippen MR) is 100 cm³/mol. The van der Waals surface area contributed by atoms with Gasteiger partial charge in [0.1, 0.15) is 12.3 Å². The summed E-state index contributed by atoms with van der Waals surface area (Å²) in [5.74, 6) is -0.933. The number of aliphatic carboxylic acids is 1. The zero-order chi connectivity index (χ0) is 19.7. The lowest BCUT2D eigenvalue weighted by atomic mass is 10.1. The van der Waals surface area contributed by atoms with E-state index in [2.05, 4.69) is 5.32 Å². The second-order valence-electron chi connectivity index (χ2n) is 6.85. The van der Waals surface area contributed by atoms with E-state index in [1.54, 1.807) is 58.3 Å². The largest absolute Gasteiger partial charge is 0.480 e. The third kappa shape index (κ3) is 3.62. The van der Waals surface area contributed by atoms with E-state index in [1.165, 1.54) is 0 Å². The lowest BCUT2D eigenvalue weighted by Gasteiger charge is -2.15. The van der Waals surface area contributed by atoms with Gasteiger partial charge in [-0.2, -0.15) is 0 Å². The minimum atomic E-state index is -0.917. The minimum absolute atomic E-state index is 0.0715. The van der Waals surface area contributed by atoms with Crippen molar-refractivity contribution in [2.45, 2.75) is 19.5 Å². The summed E-state index contributed by atoms with van der Waals surface area (Å²) in [4.78, 5) is 37.3. The Bertz CT molecular complexity index is 1040. The van der Waals surface area contributed by atoms with Gasteiger partial charge in [0.05, 0.1) is 18.7 Å². The molecule has 0 radical (unpaired) electrons. The molecule has 0 saturated carbocycles. The van der Waals surface area contributed by atoms with Crippen molar-refractivity contribution in [1.82, 2.24) is 9.47 Å². The monoisotopic (exact) mass is 381 g/mol. The number of likely N-dealkylation sites (tertiary alicyclic amines) is 1. The Morgan fingerprint density at radius 1 is 1.25 bits per heavy atom. The summed E-state index contributed by atoms with van der Waals surface area (Å²) >= 11 is 0. The normalized spacial score (nSPS) is 16.6. The van der Waals surface area contributed by atoms with Crippen LogP contribution in [0.2, 0.25) is 0 Å². The maximum absolute atomic E-state index is 12.6. The number of amides is 2. The second kappa shape index (κ2) is 7.22. The van der Waals surface area contributed by atoms with Crippen LogP contribution >= 0.6 is 0 Å². The second-order valence-corrected chi connectivity index (χ2v) is 6.85. The maximum Gasteiger partial charge on any atom is 0.323 e. The van der Waals surface area contributed by atoms with Gasteiger partial charge >= 0.3 is 5.97 Å². The summed E-state index contributed by atoms with van der Waals surface area (Å²) < 4.78 is 6.90. The first-order valence-corrected chi connectivity index (χ1v) is 8.91. The van der Waals surface area contributed by atoms with Gasteiger partial charge < -0.3 is 24.3 Å². The van der Waals surface area contributed by atoms with Crippen molar-refractivity contribution < 1.29 is 23.9 Å². The zero-order valence-corrected chi connectivity index (χ0v) is 15.0. The van der Waals surface area contributed by atoms with Gasteiger partial charge in [-0.3, -0.25) is 14.4 Å². The molecule has 1 aliphatic heterocycles. The molecule has 4 rings (SSSR count). The van der Waals surface area contributed by atoms with Crippen molar-refractivity contribution in [2.75, 3.05) is 11.9 Å². The zero-order valence-electron chi connectivity index (χ0n) is 15.0. The number of rotatable bonds is 6. The number of carboxylic acid groups (broad SMARTS) is 1. The van der Waals surface area contributed by atoms with E-state index in [1.807, 2.05) is 0 Å². The number of carboxylic acids is 1. The number of furan rings is 1. The highest BCUT2D eigenvalue weighted by Crippen LogP contribution is 2.24. The van der Waals surface area contributed by atoms with Gasteiger partial charge in [-0.15, -0.1) is 0 Å². The van der Waals surface area contributed by atoms with E-state index in [0.29, 0.717) is 24.5 Å². The van der Waals surface area contributed by atoms with E-state index >= 15 is 0 Å². The highest BCUT2D eigenvalue weighted by Gasteiger charge is 2.34. The van der Waals surface area contributed by atoms with Crippen LogP contribution in [0.15, 0.2) is 53.3 Å². The molecule has 3 heterocycles. The first kappa shape index (κ1) is 17.8. The third-order valence-corrected chi connectivity index (χ3v) is 4.86. The Labute approximate surface area is 160 Å². The van der Waals surface area contributed by atoms with E-state index in [9.17, 15) is 14.4 Å². The van der Waals surface area contributed by atoms with Gasteiger partial charge in [0.15, 0.2) is 0 Å². The number of carbonyl (C=O) groups is 3. The quantitative estimate of drug-likeness (QED) is 0.682. The fourth-order valence-corrected chi connectivity index (χ4v) is 3.50. The van der Waals surface area contributed by atoms with E-state index < -0.39 is 11.9 Å². The molecule has 2 N–H and O–H groups in total. The fraction of sp³-hybridized carbons (Fsp3) is 0.250. The number of anilines is 1. The molecule has 1 fully saturated rings. The number of nitrogens with one attached hydrogen (secondary N) is 1. The average Bonchev–Trinajstić information content (AvgIpc) is 3.37. The Morgan fingerprint density at radius 3 is 2.86 bits per heavy atom. The Balaban J connectivity index is 1.42. The Hall–Kier alpha value is -3.55. The number of benzene rings is 1. The molecule has 8 nitrogen and oxygen atoms in total. The van der Waals surface area contributed by atoms with Crippen molar-refractivity contribution in [3.8, 4) is 0 Å². The van der Waals surface area contributed by atoms with Crippen LogP contribution in [-0.4, -0.2) is 38.9 Å². The minimum Gasteiger partial charge on any atom is -0.480 e. The molecular formula is C20H19N3O5. The molecule has 1 unspecified atom stereocenters. The van der Waals surface area contributed by atoms with Crippen molar-refractivity contribution in [3.05, 3.63) is 54.6 Å². The van der Waals surface area contributed by atoms with Crippen molar-refractivity contribution in [2.24, 2.45) is 5.92 Å². The number of aromatic nitrogens is 1. The first-order valence-electron chi connectivity index (χ1n) is 8.91. The van der Waals surface area contributed by atoms with Crippen LogP contribution in [0.5, 0.6) is 0 Å². The van der Waals surface area contributed by atoms with Gasteiger partial charge in [0.25, 0.3) is 0 Å². The molecule has 3 aromatic rings. The number of hydrogen-bond acceptors (Lipinski definition) is 4. The van der Waals surface area contributed by atoms with Crippen LogP contribution in [0.4, 0.5) is 5.69 Å². The summed E-state index contributed by atoms with van der Waals surface area (Å²) in [6.07, 6.45) is 3.43. The van der Waals surface area contributed by atoms with Crippen molar-refractivity contribution >= 4 is 34.4 Å². The lowest BCUT2D eigenvalue weighted by molar-refractivity contribution is -0.137. The van der Waals surface area contributed by atoms with Crippen LogP contribution in [-0.2, 0) is 27.5 Å². The standard InChI is InChI=1S/C20H19N3O5/c24-18-9-14(10-23(18)11-16-2-1-7-28-16)20(27)21-15-3-4-17-13(8-15)5-6-22(17)12-19(25)26/h1-8,14H,9-12H2,(H,21,27)(H,25,26). The van der Waals surface area contributed by atoms with E-state index in [0.717, 1.165) is 10.9 Å². The van der Waals surface area contributed by atoms with Gasteiger partial charge in [-0.25, -0.2) is 0 Å². The number of carbonyl (C=O) groups excluding carboxylic acids is 2. The third-order valence-electron chi connectivity index (χ3n) is 4.86. The lowest BCUT2D eigenvalue weighted by Crippen LogP contribution is -2.27. The van der Waals surface area contributed by atoms with Gasteiger partial charge in [0.2, 0.25) is 11.8 Å². The molecule has 1 aromatic carbocycles. The molecule has 0 spiro atoms. The summed E-state index contributed by atoms with van der Waals surface area (Å²) in [7, 11) is 0. The topological polar surface area (TPSA) is 105 Å². The molecule has 8 heteroatoms.